The molecular formula is C17H23N9O. The second-order valence-corrected chi connectivity index (χ2v) is 6.73. The second kappa shape index (κ2) is 7.68. The van der Waals surface area contributed by atoms with E-state index in [4.69, 9.17) is 0 Å². The van der Waals surface area contributed by atoms with Crippen molar-refractivity contribution in [1.29, 1.82) is 0 Å². The third kappa shape index (κ3) is 3.60. The molecule has 3 N–H and O–H groups in total. The first-order chi connectivity index (χ1) is 13.3. The molecular weight excluding hydrogens is 346 g/mol. The van der Waals surface area contributed by atoms with Crippen LogP contribution in [0.4, 0.5) is 5.69 Å². The van der Waals surface area contributed by atoms with E-state index < -0.39 is 0 Å². The van der Waals surface area contributed by atoms with Gasteiger partial charge < -0.3 is 10.6 Å². The molecule has 3 aromatic heterocycles. The van der Waals surface area contributed by atoms with Crippen LogP contribution in [0.3, 0.4) is 0 Å². The quantitative estimate of drug-likeness (QED) is 0.603. The molecule has 1 aliphatic rings. The zero-order chi connectivity index (χ0) is 18.6. The largest absolute Gasteiger partial charge is 0.381 e. The van der Waals surface area contributed by atoms with Gasteiger partial charge in [-0.15, -0.1) is 10.2 Å². The van der Waals surface area contributed by atoms with Crippen molar-refractivity contribution in [2.24, 2.45) is 0 Å². The second-order valence-electron chi connectivity index (χ2n) is 6.73. The average molecular weight is 369 g/mol. The predicted octanol–water partition coefficient (Wildman–Crippen LogP) is 1.64. The van der Waals surface area contributed by atoms with Crippen LogP contribution in [0.1, 0.15) is 55.2 Å². The van der Waals surface area contributed by atoms with Gasteiger partial charge in [0.2, 0.25) is 0 Å². The highest BCUT2D eigenvalue weighted by Gasteiger charge is 2.22. The minimum absolute atomic E-state index is 0.199. The number of carbonyl (C=O) groups excluding carboxylic acids is 1. The van der Waals surface area contributed by atoms with Gasteiger partial charge in [-0.1, -0.05) is 24.5 Å². The minimum atomic E-state index is -0.225. The molecule has 0 bridgehead atoms. The lowest BCUT2D eigenvalue weighted by molar-refractivity contribution is 0.0950. The first-order valence-electron chi connectivity index (χ1n) is 9.38. The number of hydrogen-bond donors (Lipinski definition) is 3. The monoisotopic (exact) mass is 369 g/mol. The number of aromatic amines is 1. The summed E-state index contributed by atoms with van der Waals surface area (Å²) in [5.74, 6) is 0.203. The van der Waals surface area contributed by atoms with Gasteiger partial charge in [-0.25, -0.2) is 9.67 Å². The SMILES string of the molecule is CCn1ncc2c(NC3CCCCC3)c(C(=O)NCc3nn[nH]n3)cnc21. The predicted molar refractivity (Wildman–Crippen MR) is 99.0 cm³/mol. The van der Waals surface area contributed by atoms with Crippen molar-refractivity contribution in [3.63, 3.8) is 0 Å². The van der Waals surface area contributed by atoms with Crippen LogP contribution in [0.2, 0.25) is 0 Å². The Morgan fingerprint density at radius 3 is 2.89 bits per heavy atom. The number of carbonyl (C=O) groups is 1. The number of tetrazole rings is 1. The van der Waals surface area contributed by atoms with Gasteiger partial charge >= 0.3 is 0 Å². The highest BCUT2D eigenvalue weighted by atomic mass is 16.1. The maximum atomic E-state index is 12.8. The Balaban J connectivity index is 1.65. The summed E-state index contributed by atoms with van der Waals surface area (Å²) in [6.07, 6.45) is 9.31. The van der Waals surface area contributed by atoms with Crippen LogP contribution in [-0.4, -0.2) is 47.3 Å². The number of pyridine rings is 1. The number of anilines is 1. The number of hydrogen-bond acceptors (Lipinski definition) is 7. The number of aromatic nitrogens is 7. The fourth-order valence-electron chi connectivity index (χ4n) is 3.55. The van der Waals surface area contributed by atoms with Crippen molar-refractivity contribution >= 4 is 22.6 Å². The summed E-state index contributed by atoms with van der Waals surface area (Å²) in [6, 6.07) is 0.359. The summed E-state index contributed by atoms with van der Waals surface area (Å²) in [5, 5.41) is 25.3. The third-order valence-corrected chi connectivity index (χ3v) is 4.96. The molecule has 0 aromatic carbocycles. The lowest BCUT2D eigenvalue weighted by Crippen LogP contribution is -2.28. The fraction of sp³-hybridized carbons (Fsp3) is 0.529. The molecule has 0 unspecified atom stereocenters. The Hall–Kier alpha value is -3.04. The number of aryl methyl sites for hydroxylation is 1. The topological polar surface area (TPSA) is 126 Å². The number of nitrogens with one attached hydrogen (secondary N) is 3. The van der Waals surface area contributed by atoms with Crippen LogP contribution in [0, 0.1) is 0 Å². The molecule has 0 atom stereocenters. The zero-order valence-electron chi connectivity index (χ0n) is 15.3. The van der Waals surface area contributed by atoms with E-state index >= 15 is 0 Å². The molecule has 0 aliphatic heterocycles. The van der Waals surface area contributed by atoms with Gasteiger partial charge in [0.15, 0.2) is 11.5 Å². The standard InChI is InChI=1S/C17H23N9O/c1-2-26-16-12(9-20-26)15(21-11-6-4-3-5-7-11)13(8-18-16)17(27)19-10-14-22-24-25-23-14/h8-9,11H,2-7,10H2,1H3,(H,18,21)(H,19,27)(H,22,23,24,25). The summed E-state index contributed by atoms with van der Waals surface area (Å²) < 4.78 is 1.84. The minimum Gasteiger partial charge on any atom is -0.381 e. The Labute approximate surface area is 156 Å². The van der Waals surface area contributed by atoms with E-state index in [0.717, 1.165) is 36.1 Å². The third-order valence-electron chi connectivity index (χ3n) is 4.96. The van der Waals surface area contributed by atoms with E-state index in [-0.39, 0.29) is 12.5 Å². The summed E-state index contributed by atoms with van der Waals surface area (Å²) in [4.78, 5) is 17.3. The lowest BCUT2D eigenvalue weighted by atomic mass is 9.95. The molecule has 10 nitrogen and oxygen atoms in total. The summed E-state index contributed by atoms with van der Waals surface area (Å²) in [7, 11) is 0. The highest BCUT2D eigenvalue weighted by molar-refractivity contribution is 6.06. The van der Waals surface area contributed by atoms with Gasteiger partial charge in [0.25, 0.3) is 5.91 Å². The summed E-state index contributed by atoms with van der Waals surface area (Å²) >= 11 is 0. The number of nitrogens with zero attached hydrogens (tertiary/aromatic N) is 6. The summed E-state index contributed by atoms with van der Waals surface area (Å²) in [6.45, 7) is 2.95. The van der Waals surface area contributed by atoms with Gasteiger partial charge in [0.1, 0.15) is 0 Å². The molecule has 0 radical (unpaired) electrons. The van der Waals surface area contributed by atoms with Crippen LogP contribution in [0.5, 0.6) is 0 Å². The molecule has 27 heavy (non-hydrogen) atoms. The van der Waals surface area contributed by atoms with E-state index in [1.807, 2.05) is 11.6 Å². The van der Waals surface area contributed by atoms with E-state index in [1.165, 1.54) is 19.3 Å². The van der Waals surface area contributed by atoms with E-state index in [9.17, 15) is 4.79 Å². The molecule has 0 spiro atoms. The molecule has 10 heteroatoms. The van der Waals surface area contributed by atoms with Crippen LogP contribution in [-0.2, 0) is 13.1 Å². The van der Waals surface area contributed by atoms with Gasteiger partial charge in [0.05, 0.1) is 29.4 Å². The molecule has 1 aliphatic carbocycles. The summed E-state index contributed by atoms with van der Waals surface area (Å²) in [5.41, 5.74) is 2.09. The highest BCUT2D eigenvalue weighted by Crippen LogP contribution is 2.29. The molecule has 1 fully saturated rings. The van der Waals surface area contributed by atoms with Crippen molar-refractivity contribution in [3.05, 3.63) is 23.8 Å². The molecule has 4 rings (SSSR count). The van der Waals surface area contributed by atoms with Crippen molar-refractivity contribution in [2.45, 2.75) is 58.2 Å². The lowest BCUT2D eigenvalue weighted by Gasteiger charge is -2.25. The van der Waals surface area contributed by atoms with Crippen LogP contribution >= 0.6 is 0 Å². The van der Waals surface area contributed by atoms with Crippen molar-refractivity contribution in [3.8, 4) is 0 Å². The van der Waals surface area contributed by atoms with Gasteiger partial charge in [-0.2, -0.15) is 10.3 Å². The van der Waals surface area contributed by atoms with Crippen molar-refractivity contribution in [1.82, 2.24) is 40.7 Å². The maximum absolute atomic E-state index is 12.8. The Morgan fingerprint density at radius 1 is 1.30 bits per heavy atom. The Morgan fingerprint density at radius 2 is 2.15 bits per heavy atom. The Bertz CT molecular complexity index is 912. The van der Waals surface area contributed by atoms with Crippen LogP contribution < -0.4 is 10.6 Å². The number of amides is 1. The number of fused-ring (bicyclic) bond motifs is 1. The van der Waals surface area contributed by atoms with Crippen LogP contribution in [0.25, 0.3) is 11.0 Å². The van der Waals surface area contributed by atoms with Crippen LogP contribution in [0.15, 0.2) is 12.4 Å². The van der Waals surface area contributed by atoms with Gasteiger partial charge in [0, 0.05) is 18.8 Å². The van der Waals surface area contributed by atoms with Gasteiger partial charge in [-0.05, 0) is 19.8 Å². The van der Waals surface area contributed by atoms with Crippen molar-refractivity contribution < 1.29 is 4.79 Å². The van der Waals surface area contributed by atoms with E-state index in [1.54, 1.807) is 12.4 Å². The molecule has 0 saturated heterocycles. The van der Waals surface area contributed by atoms with E-state index in [0.29, 0.717) is 17.4 Å². The Kier molecular flexibility index (Phi) is 4.95. The van der Waals surface area contributed by atoms with Gasteiger partial charge in [-0.3, -0.25) is 4.79 Å². The van der Waals surface area contributed by atoms with E-state index in [2.05, 4.69) is 41.3 Å². The number of H-pyrrole nitrogens is 1. The number of rotatable bonds is 6. The molecule has 1 amide bonds. The van der Waals surface area contributed by atoms with Crippen molar-refractivity contribution in [2.75, 3.05) is 5.32 Å². The zero-order valence-corrected chi connectivity index (χ0v) is 15.3. The first kappa shape index (κ1) is 17.4. The first-order valence-corrected chi connectivity index (χ1v) is 9.38. The molecule has 3 heterocycles. The average Bonchev–Trinajstić information content (AvgIpc) is 3.37. The molecule has 3 aromatic rings. The molecule has 142 valence electrons. The smallest absolute Gasteiger partial charge is 0.255 e. The molecule has 1 saturated carbocycles. The fourth-order valence-corrected chi connectivity index (χ4v) is 3.55. The maximum Gasteiger partial charge on any atom is 0.255 e. The normalized spacial score (nSPS) is 15.1.